The van der Waals surface area contributed by atoms with Crippen LogP contribution >= 0.6 is 0 Å². The smallest absolute Gasteiger partial charge is 0.287 e. The van der Waals surface area contributed by atoms with Gasteiger partial charge in [-0.3, -0.25) is 10.1 Å². The maximum atomic E-state index is 10.7. The lowest BCUT2D eigenvalue weighted by atomic mass is 10.1. The van der Waals surface area contributed by atoms with Gasteiger partial charge in [-0.15, -0.1) is 0 Å². The summed E-state index contributed by atoms with van der Waals surface area (Å²) in [4.78, 5) is 19.3. The van der Waals surface area contributed by atoms with Crippen LogP contribution in [-0.2, 0) is 11.4 Å². The van der Waals surface area contributed by atoms with E-state index in [0.717, 1.165) is 11.8 Å². The maximum absolute atomic E-state index is 10.7. The number of benzene rings is 2. The molecule has 0 amide bonds. The normalized spacial score (nSPS) is 10.4. The van der Waals surface area contributed by atoms with Gasteiger partial charge in [0.15, 0.2) is 11.5 Å². The summed E-state index contributed by atoms with van der Waals surface area (Å²) in [5, 5.41) is 23.7. The number of oxime groups is 1. The minimum atomic E-state index is -0.535. The van der Waals surface area contributed by atoms with Crippen molar-refractivity contribution in [3.8, 4) is 23.4 Å². The maximum Gasteiger partial charge on any atom is 0.287 e. The van der Waals surface area contributed by atoms with Crippen LogP contribution in [0.2, 0.25) is 0 Å². The van der Waals surface area contributed by atoms with Crippen LogP contribution in [0.3, 0.4) is 0 Å². The Bertz CT molecular complexity index is 1110. The zero-order valence-electron chi connectivity index (χ0n) is 15.9. The number of methoxy groups -OCH3 is 1. The molecule has 0 radical (unpaired) electrons. The second-order valence-electron chi connectivity index (χ2n) is 5.90. The Kier molecular flexibility index (Phi) is 6.53. The van der Waals surface area contributed by atoms with Crippen molar-refractivity contribution in [3.05, 3.63) is 87.6 Å². The van der Waals surface area contributed by atoms with Gasteiger partial charge >= 0.3 is 0 Å². The molecular weight excluding hydrogens is 388 g/mol. The number of rotatable bonds is 8. The van der Waals surface area contributed by atoms with Gasteiger partial charge in [0.25, 0.3) is 5.69 Å². The van der Waals surface area contributed by atoms with Gasteiger partial charge < -0.3 is 14.3 Å². The summed E-state index contributed by atoms with van der Waals surface area (Å²) in [5.74, 6) is 1.01. The van der Waals surface area contributed by atoms with E-state index in [1.807, 2.05) is 6.07 Å². The van der Waals surface area contributed by atoms with Crippen molar-refractivity contribution < 1.29 is 19.2 Å². The molecular formula is C21H16N4O5. The van der Waals surface area contributed by atoms with Gasteiger partial charge in [-0.2, -0.15) is 5.26 Å². The summed E-state index contributed by atoms with van der Waals surface area (Å²) < 4.78 is 11.0. The number of nitrogens with zero attached hydrogens (tertiary/aromatic N) is 4. The number of pyridine rings is 1. The molecule has 0 atom stereocenters. The van der Waals surface area contributed by atoms with E-state index in [2.05, 4.69) is 16.2 Å². The highest BCUT2D eigenvalue weighted by molar-refractivity contribution is 5.80. The van der Waals surface area contributed by atoms with E-state index in [9.17, 15) is 10.1 Å². The second-order valence-corrected chi connectivity index (χ2v) is 5.90. The zero-order valence-corrected chi connectivity index (χ0v) is 15.9. The molecule has 0 fully saturated rings. The molecule has 0 unspecified atom stereocenters. The van der Waals surface area contributed by atoms with Crippen molar-refractivity contribution in [3.63, 3.8) is 0 Å². The summed E-state index contributed by atoms with van der Waals surface area (Å²) in [5.41, 5.74) is 1.85. The fraction of sp³-hybridized carbons (Fsp3) is 0.0952. The predicted molar refractivity (Wildman–Crippen MR) is 107 cm³/mol. The lowest BCUT2D eigenvalue weighted by Gasteiger charge is -2.10. The van der Waals surface area contributed by atoms with E-state index in [0.29, 0.717) is 22.6 Å². The Morgan fingerprint density at radius 3 is 2.73 bits per heavy atom. The van der Waals surface area contributed by atoms with Gasteiger partial charge in [-0.05, 0) is 24.3 Å². The van der Waals surface area contributed by atoms with Gasteiger partial charge in [0.05, 0.1) is 29.9 Å². The molecule has 30 heavy (non-hydrogen) atoms. The third-order valence-corrected chi connectivity index (χ3v) is 3.97. The molecule has 1 aromatic heterocycles. The molecule has 9 nitrogen and oxygen atoms in total. The molecule has 0 saturated heterocycles. The highest BCUT2D eigenvalue weighted by Gasteiger charge is 2.10. The van der Waals surface area contributed by atoms with Crippen molar-refractivity contribution in [2.45, 2.75) is 6.61 Å². The summed E-state index contributed by atoms with van der Waals surface area (Å²) in [7, 11) is 1.49. The Balaban J connectivity index is 1.65. The zero-order chi connectivity index (χ0) is 21.3. The summed E-state index contributed by atoms with van der Waals surface area (Å²) in [6.07, 6.45) is 2.62. The third kappa shape index (κ3) is 5.08. The Labute approximate surface area is 171 Å². The van der Waals surface area contributed by atoms with Gasteiger partial charge in [0.1, 0.15) is 12.8 Å². The minimum Gasteiger partial charge on any atom is -0.493 e. The van der Waals surface area contributed by atoms with Gasteiger partial charge in [0, 0.05) is 23.3 Å². The monoisotopic (exact) mass is 404 g/mol. The first-order chi connectivity index (χ1) is 14.6. The van der Waals surface area contributed by atoms with Crippen LogP contribution in [0.4, 0.5) is 5.69 Å². The molecule has 0 spiro atoms. The van der Waals surface area contributed by atoms with Crippen LogP contribution in [0.5, 0.6) is 17.4 Å². The molecule has 0 aliphatic heterocycles. The molecule has 0 aliphatic rings. The van der Waals surface area contributed by atoms with Crippen molar-refractivity contribution in [2.24, 2.45) is 5.16 Å². The van der Waals surface area contributed by atoms with E-state index in [4.69, 9.17) is 19.6 Å². The quantitative estimate of drug-likeness (QED) is 0.313. The van der Waals surface area contributed by atoms with E-state index in [1.165, 1.54) is 25.5 Å². The van der Waals surface area contributed by atoms with Crippen LogP contribution in [0, 0.1) is 21.4 Å². The first-order valence-corrected chi connectivity index (χ1v) is 8.70. The van der Waals surface area contributed by atoms with Crippen molar-refractivity contribution in [1.82, 2.24) is 4.98 Å². The summed E-state index contributed by atoms with van der Waals surface area (Å²) in [6, 6.07) is 17.0. The minimum absolute atomic E-state index is 0.127. The van der Waals surface area contributed by atoms with Crippen LogP contribution in [0.25, 0.3) is 0 Å². The number of aromatic nitrogens is 1. The SMILES string of the molecule is COc1cc(/C=N\OCc2ccccc2C#N)ccc1Oc1ccc([N+](=O)[O-])cn1. The van der Waals surface area contributed by atoms with E-state index in [1.54, 1.807) is 36.4 Å². The highest BCUT2D eigenvalue weighted by Crippen LogP contribution is 2.31. The average Bonchev–Trinajstić information content (AvgIpc) is 2.78. The molecule has 1 heterocycles. The van der Waals surface area contributed by atoms with Gasteiger partial charge in [0.2, 0.25) is 5.88 Å². The number of hydrogen-bond donors (Lipinski definition) is 0. The van der Waals surface area contributed by atoms with Gasteiger partial charge in [-0.25, -0.2) is 4.98 Å². The van der Waals surface area contributed by atoms with Crippen LogP contribution in [-0.4, -0.2) is 23.2 Å². The lowest BCUT2D eigenvalue weighted by Crippen LogP contribution is -1.95. The fourth-order valence-electron chi connectivity index (χ4n) is 2.46. The number of nitriles is 1. The third-order valence-electron chi connectivity index (χ3n) is 3.97. The molecule has 9 heteroatoms. The first-order valence-electron chi connectivity index (χ1n) is 8.70. The number of nitro groups is 1. The van der Waals surface area contributed by atoms with Crippen LogP contribution in [0.1, 0.15) is 16.7 Å². The molecule has 0 bridgehead atoms. The fourth-order valence-corrected chi connectivity index (χ4v) is 2.46. The van der Waals surface area contributed by atoms with E-state index < -0.39 is 4.92 Å². The second kappa shape index (κ2) is 9.66. The number of hydrogen-bond acceptors (Lipinski definition) is 8. The lowest BCUT2D eigenvalue weighted by molar-refractivity contribution is -0.385. The van der Waals surface area contributed by atoms with Crippen molar-refractivity contribution in [1.29, 1.82) is 5.26 Å². The summed E-state index contributed by atoms with van der Waals surface area (Å²) in [6.45, 7) is 0.171. The highest BCUT2D eigenvalue weighted by atomic mass is 16.6. The summed E-state index contributed by atoms with van der Waals surface area (Å²) >= 11 is 0. The van der Waals surface area contributed by atoms with E-state index >= 15 is 0 Å². The topological polar surface area (TPSA) is 120 Å². The standard InChI is InChI=1S/C21H16N4O5/c1-28-20-10-15(12-24-29-14-17-5-3-2-4-16(17)11-22)6-8-19(20)30-21-9-7-18(13-23-21)25(26)27/h2-10,12-13H,14H2,1H3/b24-12-. The Morgan fingerprint density at radius 1 is 1.20 bits per heavy atom. The predicted octanol–water partition coefficient (Wildman–Crippen LogP) is 4.21. The van der Waals surface area contributed by atoms with Crippen LogP contribution in [0.15, 0.2) is 65.9 Å². The molecule has 2 aromatic carbocycles. The average molecular weight is 404 g/mol. The Morgan fingerprint density at radius 2 is 2.03 bits per heavy atom. The first kappa shape index (κ1) is 20.3. The number of ether oxygens (including phenoxy) is 2. The largest absolute Gasteiger partial charge is 0.493 e. The molecule has 3 aromatic rings. The molecule has 0 aliphatic carbocycles. The van der Waals surface area contributed by atoms with E-state index in [-0.39, 0.29) is 18.2 Å². The molecule has 0 saturated carbocycles. The molecule has 3 rings (SSSR count). The van der Waals surface area contributed by atoms with Gasteiger partial charge in [-0.1, -0.05) is 23.4 Å². The Hall–Kier alpha value is -4.45. The van der Waals surface area contributed by atoms with Crippen LogP contribution < -0.4 is 9.47 Å². The molecule has 0 N–H and O–H groups in total. The molecule has 150 valence electrons. The van der Waals surface area contributed by atoms with Crippen molar-refractivity contribution in [2.75, 3.05) is 7.11 Å². The van der Waals surface area contributed by atoms with Crippen molar-refractivity contribution >= 4 is 11.9 Å².